The van der Waals surface area contributed by atoms with Crippen LogP contribution in [0.3, 0.4) is 0 Å². The average Bonchev–Trinajstić information content (AvgIpc) is 2.69. The predicted octanol–water partition coefficient (Wildman–Crippen LogP) is 2.58. The van der Waals surface area contributed by atoms with Crippen LogP contribution in [0, 0.1) is 5.82 Å². The Balaban J connectivity index is 1.98. The molecule has 1 heterocycles. The maximum absolute atomic E-state index is 13.6. The summed E-state index contributed by atoms with van der Waals surface area (Å²) in [7, 11) is 3.26. The van der Waals surface area contributed by atoms with Crippen molar-refractivity contribution in [2.45, 2.75) is 6.42 Å². The second-order valence-electron chi connectivity index (χ2n) is 6.47. The Morgan fingerprint density at radius 1 is 1.28 bits per heavy atom. The van der Waals surface area contributed by atoms with Crippen LogP contribution in [0.15, 0.2) is 47.3 Å². The number of benzene rings is 2. The van der Waals surface area contributed by atoms with E-state index < -0.39 is 17.3 Å². The van der Waals surface area contributed by atoms with Gasteiger partial charge in [-0.25, -0.2) is 9.37 Å². The van der Waals surface area contributed by atoms with E-state index in [0.29, 0.717) is 18.2 Å². The Hall–Kier alpha value is -2.97. The van der Waals surface area contributed by atoms with Crippen molar-refractivity contribution in [3.63, 3.8) is 0 Å². The van der Waals surface area contributed by atoms with Crippen LogP contribution in [0.2, 0.25) is 5.02 Å². The highest BCUT2D eigenvalue weighted by atomic mass is 35.5. The summed E-state index contributed by atoms with van der Waals surface area (Å²) in [4.78, 5) is 31.6. The molecule has 0 aliphatic rings. The topological polar surface area (TPSA) is 76.5 Å². The fraction of sp³-hybridized carbons (Fsp3) is 0.250. The minimum atomic E-state index is -0.501. The Morgan fingerprint density at radius 3 is 2.69 bits per heavy atom. The molecule has 29 heavy (non-hydrogen) atoms. The van der Waals surface area contributed by atoms with Crippen LogP contribution < -0.4 is 15.9 Å². The molecule has 0 saturated carbocycles. The van der Waals surface area contributed by atoms with Gasteiger partial charge >= 0.3 is 0 Å². The van der Waals surface area contributed by atoms with Crippen LogP contribution >= 0.6 is 11.6 Å². The summed E-state index contributed by atoms with van der Waals surface area (Å²) >= 11 is 5.87. The van der Waals surface area contributed by atoms with Crippen molar-refractivity contribution in [1.82, 2.24) is 9.66 Å². The van der Waals surface area contributed by atoms with Crippen LogP contribution in [0.4, 0.5) is 10.3 Å². The highest BCUT2D eigenvalue weighted by Gasteiger charge is 2.17. The van der Waals surface area contributed by atoms with Crippen molar-refractivity contribution in [3.05, 3.63) is 69.2 Å². The number of carbonyl (C=O) groups excluding carboxylic acids is 1. The number of amides is 1. The fourth-order valence-corrected chi connectivity index (χ4v) is 2.91. The Labute approximate surface area is 171 Å². The Kier molecular flexibility index (Phi) is 6.46. The zero-order valence-corrected chi connectivity index (χ0v) is 16.7. The van der Waals surface area contributed by atoms with Gasteiger partial charge in [0.05, 0.1) is 23.9 Å². The Morgan fingerprint density at radius 2 is 2.00 bits per heavy atom. The van der Waals surface area contributed by atoms with Crippen molar-refractivity contribution in [2.24, 2.45) is 0 Å². The van der Waals surface area contributed by atoms with E-state index >= 15 is 0 Å². The van der Waals surface area contributed by atoms with E-state index in [2.05, 4.69) is 10.4 Å². The van der Waals surface area contributed by atoms with Crippen LogP contribution in [-0.2, 0) is 16.0 Å². The lowest BCUT2D eigenvalue weighted by Crippen LogP contribution is -2.39. The second-order valence-corrected chi connectivity index (χ2v) is 6.90. The van der Waals surface area contributed by atoms with Gasteiger partial charge < -0.3 is 9.64 Å². The Bertz CT molecular complexity index is 1090. The van der Waals surface area contributed by atoms with Crippen LogP contribution in [0.25, 0.3) is 10.9 Å². The monoisotopic (exact) mass is 418 g/mol. The molecule has 0 spiro atoms. The largest absolute Gasteiger partial charge is 0.383 e. The summed E-state index contributed by atoms with van der Waals surface area (Å²) in [6.45, 7) is 0.795. The van der Waals surface area contributed by atoms with E-state index in [1.54, 1.807) is 43.3 Å². The number of likely N-dealkylation sites (N-methyl/N-ethyl adjacent to an activating group) is 1. The molecule has 0 fully saturated rings. The van der Waals surface area contributed by atoms with E-state index in [9.17, 15) is 14.0 Å². The average molecular weight is 419 g/mol. The zero-order valence-electron chi connectivity index (χ0n) is 16.0. The smallest absolute Gasteiger partial charge is 0.281 e. The van der Waals surface area contributed by atoms with Crippen LogP contribution in [0.1, 0.15) is 5.56 Å². The molecule has 0 saturated heterocycles. The number of ether oxygens (including phenoxy) is 1. The van der Waals surface area contributed by atoms with Crippen molar-refractivity contribution >= 4 is 34.4 Å². The highest BCUT2D eigenvalue weighted by Crippen LogP contribution is 2.15. The minimum Gasteiger partial charge on any atom is -0.383 e. The standard InChI is InChI=1S/C20H20ClFN4O3/c1-25(9-10-29-2)20-23-17-12-15(22)7-8-16(17)19(28)26(20)24-18(27)11-13-3-5-14(21)6-4-13/h3-8,12H,9-11H2,1-2H3,(H,24,27). The molecule has 0 radical (unpaired) electrons. The molecule has 0 bridgehead atoms. The van der Waals surface area contributed by atoms with E-state index in [0.717, 1.165) is 10.2 Å². The van der Waals surface area contributed by atoms with E-state index in [4.69, 9.17) is 16.3 Å². The molecule has 1 aromatic heterocycles. The number of methoxy groups -OCH3 is 1. The second kappa shape index (κ2) is 9.02. The van der Waals surface area contributed by atoms with Gasteiger partial charge in [0.25, 0.3) is 5.56 Å². The van der Waals surface area contributed by atoms with Gasteiger partial charge in [-0.15, -0.1) is 0 Å². The summed E-state index contributed by atoms with van der Waals surface area (Å²) < 4.78 is 19.8. The molecule has 7 nitrogen and oxygen atoms in total. The molecule has 1 N–H and O–H groups in total. The summed E-state index contributed by atoms with van der Waals surface area (Å²) in [5, 5.41) is 0.764. The third kappa shape index (κ3) is 4.90. The van der Waals surface area contributed by atoms with E-state index in [1.807, 2.05) is 0 Å². The van der Waals surface area contributed by atoms with Gasteiger partial charge in [0.1, 0.15) is 5.82 Å². The molecule has 0 aliphatic heterocycles. The van der Waals surface area contributed by atoms with Crippen molar-refractivity contribution in [3.8, 4) is 0 Å². The van der Waals surface area contributed by atoms with Gasteiger partial charge in [-0.05, 0) is 29.8 Å². The number of aromatic nitrogens is 2. The summed E-state index contributed by atoms with van der Waals surface area (Å²) in [5.74, 6) is -0.729. The molecule has 3 rings (SSSR count). The van der Waals surface area contributed by atoms with Gasteiger partial charge in [-0.1, -0.05) is 23.7 Å². The van der Waals surface area contributed by atoms with Gasteiger partial charge in [-0.3, -0.25) is 15.0 Å². The molecule has 152 valence electrons. The molecule has 0 atom stereocenters. The lowest BCUT2D eigenvalue weighted by atomic mass is 10.1. The normalized spacial score (nSPS) is 10.9. The lowest BCUT2D eigenvalue weighted by molar-refractivity contribution is -0.116. The number of nitrogens with one attached hydrogen (secondary N) is 1. The van der Waals surface area contributed by atoms with Crippen molar-refractivity contribution in [1.29, 1.82) is 0 Å². The molecule has 0 unspecified atom stereocenters. The third-order valence-electron chi connectivity index (χ3n) is 4.30. The number of rotatable bonds is 7. The molecule has 0 aliphatic carbocycles. The fourth-order valence-electron chi connectivity index (χ4n) is 2.78. The van der Waals surface area contributed by atoms with E-state index in [-0.39, 0.29) is 23.3 Å². The number of nitrogens with zero attached hydrogens (tertiary/aromatic N) is 3. The number of hydrogen-bond donors (Lipinski definition) is 1. The number of carbonyl (C=O) groups is 1. The van der Waals surface area contributed by atoms with E-state index in [1.165, 1.54) is 18.2 Å². The number of fused-ring (bicyclic) bond motifs is 1. The predicted molar refractivity (Wildman–Crippen MR) is 111 cm³/mol. The zero-order chi connectivity index (χ0) is 21.0. The number of hydrogen-bond acceptors (Lipinski definition) is 5. The maximum Gasteiger partial charge on any atom is 0.281 e. The van der Waals surface area contributed by atoms with Gasteiger partial charge in [0.15, 0.2) is 0 Å². The summed E-state index contributed by atoms with van der Waals surface area (Å²) in [6, 6.07) is 10.6. The molecule has 3 aromatic rings. The van der Waals surface area contributed by atoms with Gasteiger partial charge in [-0.2, -0.15) is 4.68 Å². The van der Waals surface area contributed by atoms with Crippen molar-refractivity contribution < 1.29 is 13.9 Å². The first-order valence-corrected chi connectivity index (χ1v) is 9.23. The minimum absolute atomic E-state index is 0.0479. The van der Waals surface area contributed by atoms with Gasteiger partial charge in [0.2, 0.25) is 11.9 Å². The highest BCUT2D eigenvalue weighted by molar-refractivity contribution is 6.30. The maximum atomic E-state index is 13.6. The molecule has 2 aromatic carbocycles. The first-order valence-electron chi connectivity index (χ1n) is 8.85. The molecular weight excluding hydrogens is 399 g/mol. The summed E-state index contributed by atoms with van der Waals surface area (Å²) in [5.41, 5.74) is 3.05. The number of halogens is 2. The van der Waals surface area contributed by atoms with Crippen LogP contribution in [-0.4, -0.2) is 42.9 Å². The van der Waals surface area contributed by atoms with Crippen molar-refractivity contribution in [2.75, 3.05) is 37.6 Å². The SMILES string of the molecule is COCCN(C)c1nc2cc(F)ccc2c(=O)n1NC(=O)Cc1ccc(Cl)cc1. The van der Waals surface area contributed by atoms with Gasteiger partial charge in [0, 0.05) is 31.8 Å². The third-order valence-corrected chi connectivity index (χ3v) is 4.55. The number of anilines is 1. The first-order chi connectivity index (χ1) is 13.9. The molecule has 1 amide bonds. The molecular formula is C20H20ClFN4O3. The molecule has 9 heteroatoms. The summed E-state index contributed by atoms with van der Waals surface area (Å²) in [6.07, 6.45) is 0.0479. The van der Waals surface area contributed by atoms with Crippen LogP contribution in [0.5, 0.6) is 0 Å². The first kappa shape index (κ1) is 20.8. The quantitative estimate of drug-likeness (QED) is 0.638. The lowest BCUT2D eigenvalue weighted by Gasteiger charge is -2.22.